The maximum atomic E-state index is 14.0. The second-order valence-corrected chi connectivity index (χ2v) is 14.7. The number of nitrogens with one attached hydrogen (secondary N) is 2. The van der Waals surface area contributed by atoms with Crippen LogP contribution >= 0.6 is 23.1 Å². The number of aromatic amines is 1. The highest BCUT2D eigenvalue weighted by molar-refractivity contribution is 8.00. The summed E-state index contributed by atoms with van der Waals surface area (Å²) in [5.41, 5.74) is 3.29. The first kappa shape index (κ1) is 29.1. The number of anilines is 2. The molecule has 2 N–H and O–H groups in total. The molecule has 11 heteroatoms. The molecule has 8 rings (SSSR count). The lowest BCUT2D eigenvalue weighted by Gasteiger charge is -2.43. The molecule has 4 aromatic rings. The summed E-state index contributed by atoms with van der Waals surface area (Å²) in [4.78, 5) is 58.5. The Hall–Kier alpha value is -4.35. The lowest BCUT2D eigenvalue weighted by molar-refractivity contribution is -0.123. The second-order valence-electron chi connectivity index (χ2n) is 12.4. The third-order valence-electron chi connectivity index (χ3n) is 9.94. The van der Waals surface area contributed by atoms with Crippen molar-refractivity contribution in [2.75, 3.05) is 23.9 Å². The van der Waals surface area contributed by atoms with Gasteiger partial charge in [0.1, 0.15) is 11.5 Å². The van der Waals surface area contributed by atoms with E-state index >= 15 is 0 Å². The maximum absolute atomic E-state index is 14.0. The van der Waals surface area contributed by atoms with E-state index in [1.165, 1.54) is 16.2 Å². The van der Waals surface area contributed by atoms with Gasteiger partial charge in [0.2, 0.25) is 11.8 Å². The van der Waals surface area contributed by atoms with Gasteiger partial charge in [-0.05, 0) is 90.8 Å². The number of hydrogen-bond acceptors (Lipinski definition) is 8. The van der Waals surface area contributed by atoms with Gasteiger partial charge in [-0.15, -0.1) is 11.8 Å². The predicted octanol–water partition coefficient (Wildman–Crippen LogP) is 5.45. The number of imide groups is 1. The van der Waals surface area contributed by atoms with E-state index in [1.54, 1.807) is 43.1 Å². The van der Waals surface area contributed by atoms with E-state index in [9.17, 15) is 19.2 Å². The molecular weight excluding hydrogens is 623 g/mol. The molecule has 0 radical (unpaired) electrons. The van der Waals surface area contributed by atoms with Crippen molar-refractivity contribution in [3.63, 3.8) is 0 Å². The monoisotopic (exact) mass is 653 g/mol. The van der Waals surface area contributed by atoms with Crippen LogP contribution in [0, 0.1) is 36.5 Å². The first-order valence-corrected chi connectivity index (χ1v) is 17.0. The molecule has 9 nitrogen and oxygen atoms in total. The van der Waals surface area contributed by atoms with Crippen LogP contribution in [0.25, 0.3) is 0 Å². The van der Waals surface area contributed by atoms with Crippen molar-refractivity contribution >= 4 is 52.2 Å². The number of aryl methyl sites for hydroxylation is 1. The van der Waals surface area contributed by atoms with E-state index in [1.807, 2.05) is 55.5 Å². The third kappa shape index (κ3) is 4.67. The third-order valence-corrected chi connectivity index (χ3v) is 12.5. The summed E-state index contributed by atoms with van der Waals surface area (Å²) >= 11 is 2.87. The van der Waals surface area contributed by atoms with Gasteiger partial charge in [-0.1, -0.05) is 35.6 Å². The molecular formula is C35H31N3O6S2. The highest BCUT2D eigenvalue weighted by atomic mass is 32.2. The van der Waals surface area contributed by atoms with E-state index in [4.69, 9.17) is 9.47 Å². The fourth-order valence-electron chi connectivity index (χ4n) is 8.24. The predicted molar refractivity (Wildman–Crippen MR) is 176 cm³/mol. The summed E-state index contributed by atoms with van der Waals surface area (Å²) in [6.07, 6.45) is 0.802. The van der Waals surface area contributed by atoms with Crippen molar-refractivity contribution in [1.29, 1.82) is 0 Å². The number of amides is 3. The summed E-state index contributed by atoms with van der Waals surface area (Å²) in [6.45, 7) is 1.81. The minimum absolute atomic E-state index is 0.00719. The van der Waals surface area contributed by atoms with Gasteiger partial charge in [-0.3, -0.25) is 24.1 Å². The number of hydrogen-bond donors (Lipinski definition) is 2. The van der Waals surface area contributed by atoms with Gasteiger partial charge in [0.25, 0.3) is 5.91 Å². The number of thioether (sulfide) groups is 1. The quantitative estimate of drug-likeness (QED) is 0.255. The molecule has 7 atom stereocenters. The molecule has 1 saturated heterocycles. The molecule has 2 aliphatic carbocycles. The summed E-state index contributed by atoms with van der Waals surface area (Å²) in [5.74, 6) is -0.171. The van der Waals surface area contributed by atoms with Crippen LogP contribution in [0.4, 0.5) is 11.4 Å². The number of benzene rings is 3. The molecule has 1 aromatic heterocycles. The van der Waals surface area contributed by atoms with Crippen molar-refractivity contribution in [3.8, 4) is 11.5 Å². The standard InChI is InChI=1S/C35H31N3O6S2/c1-17-5-3-7-19(13-17)36-25(39)16-44-22-8-4-6-18(14-22)26-27-23-15-24(30(27)45-32-31(26)46-35(42)37-32)29-28(23)33(40)38(34(29)41)20-9-11-21(43-2)12-10-20/h3-14,23-24,26-30H,15-16H2,1-2H3,(H,36,39)(H,37,42)/t23-,24-,26+,27-,28+,29+,30-/m1/s1. The lowest BCUT2D eigenvalue weighted by Crippen LogP contribution is -2.42. The number of fused-ring (bicyclic) bond motifs is 9. The van der Waals surface area contributed by atoms with Crippen molar-refractivity contribution < 1.29 is 23.9 Å². The Kier molecular flexibility index (Phi) is 7.06. The first-order chi connectivity index (χ1) is 22.3. The largest absolute Gasteiger partial charge is 0.497 e. The van der Waals surface area contributed by atoms with Crippen molar-refractivity contribution in [2.45, 2.75) is 29.5 Å². The van der Waals surface area contributed by atoms with E-state index in [-0.39, 0.29) is 64.0 Å². The smallest absolute Gasteiger partial charge is 0.305 e. The molecule has 46 heavy (non-hydrogen) atoms. The van der Waals surface area contributed by atoms with Crippen LogP contribution in [0.1, 0.15) is 28.3 Å². The molecule has 234 valence electrons. The number of rotatable bonds is 7. The molecule has 0 spiro atoms. The molecule has 0 unspecified atom stereocenters. The number of aromatic nitrogens is 1. The van der Waals surface area contributed by atoms with Gasteiger partial charge in [-0.2, -0.15) is 0 Å². The van der Waals surface area contributed by atoms with Crippen molar-refractivity contribution in [1.82, 2.24) is 4.98 Å². The summed E-state index contributed by atoms with van der Waals surface area (Å²) < 4.78 is 11.2. The summed E-state index contributed by atoms with van der Waals surface area (Å²) in [7, 11) is 1.58. The highest BCUT2D eigenvalue weighted by Crippen LogP contribution is 2.68. The van der Waals surface area contributed by atoms with Crippen LogP contribution < -0.4 is 24.6 Å². The van der Waals surface area contributed by atoms with Crippen LogP contribution in [0.15, 0.2) is 82.6 Å². The highest BCUT2D eigenvalue weighted by Gasteiger charge is 2.69. The number of carbonyl (C=O) groups excluding carboxylic acids is 3. The van der Waals surface area contributed by atoms with Crippen LogP contribution in [-0.4, -0.2) is 41.7 Å². The number of carbonyl (C=O) groups is 3. The molecule has 2 bridgehead atoms. The zero-order valence-corrected chi connectivity index (χ0v) is 26.7. The number of nitrogens with zero attached hydrogens (tertiary/aromatic N) is 1. The van der Waals surface area contributed by atoms with E-state index in [0.717, 1.165) is 27.5 Å². The molecule has 3 amide bonds. The van der Waals surface area contributed by atoms with Crippen molar-refractivity contribution in [3.05, 3.63) is 98.5 Å². The van der Waals surface area contributed by atoms with Crippen molar-refractivity contribution in [2.24, 2.45) is 29.6 Å². The molecule has 3 fully saturated rings. The average molecular weight is 654 g/mol. The number of ether oxygens (including phenoxy) is 2. The van der Waals surface area contributed by atoms with E-state index < -0.39 is 5.92 Å². The Morgan fingerprint density at radius 2 is 1.72 bits per heavy atom. The topological polar surface area (TPSA) is 118 Å². The van der Waals surface area contributed by atoms with Crippen LogP contribution in [-0.2, 0) is 14.4 Å². The Morgan fingerprint density at radius 3 is 2.48 bits per heavy atom. The average Bonchev–Trinajstić information content (AvgIpc) is 3.79. The molecule has 4 aliphatic rings. The van der Waals surface area contributed by atoms with E-state index in [2.05, 4.69) is 10.3 Å². The van der Waals surface area contributed by atoms with Gasteiger partial charge in [0.05, 0.1) is 29.7 Å². The Bertz CT molecular complexity index is 1940. The zero-order chi connectivity index (χ0) is 31.7. The van der Waals surface area contributed by atoms with E-state index in [0.29, 0.717) is 22.9 Å². The molecule has 3 aromatic carbocycles. The molecule has 2 saturated carbocycles. The van der Waals surface area contributed by atoms with Crippen LogP contribution in [0.5, 0.6) is 11.5 Å². The minimum atomic E-state index is -0.397. The van der Waals surface area contributed by atoms with Gasteiger partial charge >= 0.3 is 4.87 Å². The number of thiazole rings is 1. The Morgan fingerprint density at radius 1 is 0.957 bits per heavy atom. The van der Waals surface area contributed by atoms with Gasteiger partial charge < -0.3 is 19.8 Å². The Labute approximate surface area is 273 Å². The second kappa shape index (κ2) is 11.2. The fourth-order valence-corrected chi connectivity index (χ4v) is 11.1. The SMILES string of the molecule is COc1ccc(N2C(=O)[C@H]3[C@H]4C[C@@H]([C@@H]3C2=O)[C@@H]2[C@H](c3cccc(OCC(=O)Nc5cccc(C)c5)c3)c3sc(=O)[nH]c3S[C@H]42)cc1. The van der Waals surface area contributed by atoms with Gasteiger partial charge in [-0.25, -0.2) is 0 Å². The number of H-pyrrole nitrogens is 1. The zero-order valence-electron chi connectivity index (χ0n) is 25.1. The van der Waals surface area contributed by atoms with Crippen LogP contribution in [0.3, 0.4) is 0 Å². The Balaban J connectivity index is 1.08. The van der Waals surface area contributed by atoms with Crippen LogP contribution in [0.2, 0.25) is 0 Å². The number of methoxy groups -OCH3 is 1. The minimum Gasteiger partial charge on any atom is -0.497 e. The normalized spacial score (nSPS) is 27.3. The first-order valence-electron chi connectivity index (χ1n) is 15.3. The summed E-state index contributed by atoms with van der Waals surface area (Å²) in [5, 5.41) is 3.79. The van der Waals surface area contributed by atoms with Gasteiger partial charge in [0, 0.05) is 21.7 Å². The maximum Gasteiger partial charge on any atom is 0.305 e. The molecule has 3 heterocycles. The summed E-state index contributed by atoms with van der Waals surface area (Å²) in [6, 6.07) is 22.3. The molecule has 2 aliphatic heterocycles. The lowest BCUT2D eigenvalue weighted by atomic mass is 9.68. The fraction of sp³-hybridized carbons (Fsp3) is 0.314. The van der Waals surface area contributed by atoms with Gasteiger partial charge in [0.15, 0.2) is 6.61 Å².